The minimum absolute atomic E-state index is 0.165. The predicted octanol–water partition coefficient (Wildman–Crippen LogP) is 1.00. The number of rotatable bonds is 4. The lowest BCUT2D eigenvalue weighted by Gasteiger charge is -2.42. The first-order valence-electron chi connectivity index (χ1n) is 6.01. The molecule has 96 valence electrons. The Morgan fingerprint density at radius 3 is 3.12 bits per heavy atom. The molecule has 5 heteroatoms. The molecule has 1 aliphatic rings. The van der Waals surface area contributed by atoms with Gasteiger partial charge in [-0.2, -0.15) is 0 Å². The van der Waals surface area contributed by atoms with Crippen LogP contribution in [0.25, 0.3) is 0 Å². The number of aromatic nitrogens is 1. The molecule has 0 aromatic carbocycles. The van der Waals surface area contributed by atoms with Gasteiger partial charge in [0.05, 0.1) is 5.69 Å². The molecule has 0 spiro atoms. The van der Waals surface area contributed by atoms with E-state index in [1.54, 1.807) is 7.11 Å². The summed E-state index contributed by atoms with van der Waals surface area (Å²) in [5, 5.41) is 7.49. The molecular weight excluding hydrogens is 218 g/mol. The Balaban J connectivity index is 1.98. The number of ether oxygens (including phenoxy) is 1. The molecule has 0 atom stereocenters. The van der Waals surface area contributed by atoms with Gasteiger partial charge in [-0.3, -0.25) is 4.90 Å². The van der Waals surface area contributed by atoms with Crippen molar-refractivity contribution in [2.75, 3.05) is 26.7 Å². The maximum Gasteiger partial charge on any atom is 0.162 e. The second-order valence-corrected chi connectivity index (χ2v) is 5.13. The third-order valence-electron chi connectivity index (χ3n) is 3.22. The highest BCUT2D eigenvalue weighted by Crippen LogP contribution is 2.19. The Bertz CT molecular complexity index is 362. The van der Waals surface area contributed by atoms with E-state index in [0.717, 1.165) is 37.6 Å². The van der Waals surface area contributed by atoms with Crippen LogP contribution in [0.2, 0.25) is 0 Å². The fraction of sp³-hybridized carbons (Fsp3) is 0.750. The quantitative estimate of drug-likeness (QED) is 0.849. The summed E-state index contributed by atoms with van der Waals surface area (Å²) in [6.07, 6.45) is 0. The minimum Gasteiger partial charge on any atom is -0.377 e. The summed E-state index contributed by atoms with van der Waals surface area (Å²) in [6.45, 7) is 8.89. The van der Waals surface area contributed by atoms with Crippen LogP contribution in [-0.4, -0.2) is 42.3 Å². The summed E-state index contributed by atoms with van der Waals surface area (Å²) in [5.74, 6) is 0.787. The third kappa shape index (κ3) is 3.06. The molecule has 1 saturated heterocycles. The number of nitrogens with zero attached hydrogens (tertiary/aromatic N) is 2. The van der Waals surface area contributed by atoms with Crippen LogP contribution in [0.3, 0.4) is 0 Å². The molecule has 0 aliphatic carbocycles. The van der Waals surface area contributed by atoms with Crippen LogP contribution in [0.15, 0.2) is 10.6 Å². The monoisotopic (exact) mass is 239 g/mol. The van der Waals surface area contributed by atoms with Gasteiger partial charge in [0, 0.05) is 44.9 Å². The van der Waals surface area contributed by atoms with E-state index >= 15 is 0 Å². The van der Waals surface area contributed by atoms with Crippen molar-refractivity contribution >= 4 is 0 Å². The highest BCUT2D eigenvalue weighted by molar-refractivity contribution is 5.06. The second-order valence-electron chi connectivity index (χ2n) is 5.13. The highest BCUT2D eigenvalue weighted by atomic mass is 16.5. The number of methoxy groups -OCH3 is 1. The molecule has 1 fully saturated rings. The molecule has 0 unspecified atom stereocenters. The molecule has 2 heterocycles. The van der Waals surface area contributed by atoms with E-state index in [2.05, 4.69) is 29.2 Å². The molecule has 0 amide bonds. The second kappa shape index (κ2) is 5.16. The average molecular weight is 239 g/mol. The summed E-state index contributed by atoms with van der Waals surface area (Å²) >= 11 is 0. The van der Waals surface area contributed by atoms with Crippen molar-refractivity contribution in [3.63, 3.8) is 0 Å². The molecule has 2 rings (SSSR count). The Kier molecular flexibility index (Phi) is 3.81. The Morgan fingerprint density at radius 1 is 1.59 bits per heavy atom. The van der Waals surface area contributed by atoms with Gasteiger partial charge in [0.1, 0.15) is 6.61 Å². The number of nitrogens with one attached hydrogen (secondary N) is 1. The predicted molar refractivity (Wildman–Crippen MR) is 64.6 cm³/mol. The Hall–Kier alpha value is -0.910. The van der Waals surface area contributed by atoms with Crippen molar-refractivity contribution in [1.82, 2.24) is 15.4 Å². The SMILES string of the molecule is COCc1cc(CN2CCNCC2(C)C)no1. The average Bonchev–Trinajstić information content (AvgIpc) is 2.70. The van der Waals surface area contributed by atoms with Crippen LogP contribution in [0.1, 0.15) is 25.3 Å². The number of hydrogen-bond acceptors (Lipinski definition) is 5. The zero-order valence-corrected chi connectivity index (χ0v) is 10.8. The molecule has 1 aromatic heterocycles. The largest absolute Gasteiger partial charge is 0.377 e. The minimum atomic E-state index is 0.165. The first-order chi connectivity index (χ1) is 8.12. The summed E-state index contributed by atoms with van der Waals surface area (Å²) < 4.78 is 10.2. The van der Waals surface area contributed by atoms with Crippen LogP contribution in [0.4, 0.5) is 0 Å². The van der Waals surface area contributed by atoms with Gasteiger partial charge in [-0.05, 0) is 13.8 Å². The fourth-order valence-corrected chi connectivity index (χ4v) is 2.15. The zero-order valence-electron chi connectivity index (χ0n) is 10.8. The molecule has 17 heavy (non-hydrogen) atoms. The summed E-state index contributed by atoms with van der Waals surface area (Å²) in [6, 6.07) is 1.97. The lowest BCUT2D eigenvalue weighted by molar-refractivity contribution is 0.0801. The van der Waals surface area contributed by atoms with Gasteiger partial charge in [-0.15, -0.1) is 0 Å². The lowest BCUT2D eigenvalue weighted by atomic mass is 10.00. The van der Waals surface area contributed by atoms with Crippen LogP contribution in [0.5, 0.6) is 0 Å². The van der Waals surface area contributed by atoms with Gasteiger partial charge >= 0.3 is 0 Å². The number of piperazine rings is 1. The van der Waals surface area contributed by atoms with Gasteiger partial charge in [-0.1, -0.05) is 5.16 Å². The van der Waals surface area contributed by atoms with E-state index in [-0.39, 0.29) is 5.54 Å². The van der Waals surface area contributed by atoms with Crippen molar-refractivity contribution in [2.24, 2.45) is 0 Å². The van der Waals surface area contributed by atoms with Crippen molar-refractivity contribution in [2.45, 2.75) is 32.5 Å². The molecule has 1 N–H and O–H groups in total. The molecule has 5 nitrogen and oxygen atoms in total. The smallest absolute Gasteiger partial charge is 0.162 e. The van der Waals surface area contributed by atoms with E-state index in [9.17, 15) is 0 Å². The van der Waals surface area contributed by atoms with Gasteiger partial charge in [0.15, 0.2) is 5.76 Å². The topological polar surface area (TPSA) is 50.5 Å². The summed E-state index contributed by atoms with van der Waals surface area (Å²) in [7, 11) is 1.65. The first kappa shape index (κ1) is 12.5. The standard InChI is InChI=1S/C12H21N3O2/c1-12(2)9-13-4-5-15(12)7-10-6-11(8-16-3)17-14-10/h6,13H,4-5,7-9H2,1-3H3. The van der Waals surface area contributed by atoms with Crippen molar-refractivity contribution < 1.29 is 9.26 Å². The third-order valence-corrected chi connectivity index (χ3v) is 3.22. The van der Waals surface area contributed by atoms with Crippen molar-refractivity contribution in [1.29, 1.82) is 0 Å². The zero-order chi connectivity index (χ0) is 12.3. The van der Waals surface area contributed by atoms with Crippen LogP contribution >= 0.6 is 0 Å². The Labute approximate surface area is 102 Å². The van der Waals surface area contributed by atoms with E-state index in [1.807, 2.05) is 6.07 Å². The molecule has 0 saturated carbocycles. The number of hydrogen-bond donors (Lipinski definition) is 1. The van der Waals surface area contributed by atoms with Crippen LogP contribution < -0.4 is 5.32 Å². The van der Waals surface area contributed by atoms with E-state index in [1.165, 1.54) is 0 Å². The van der Waals surface area contributed by atoms with Crippen molar-refractivity contribution in [3.05, 3.63) is 17.5 Å². The lowest BCUT2D eigenvalue weighted by Crippen LogP contribution is -2.57. The molecular formula is C12H21N3O2. The first-order valence-corrected chi connectivity index (χ1v) is 6.01. The van der Waals surface area contributed by atoms with Gasteiger partial charge < -0.3 is 14.6 Å². The fourth-order valence-electron chi connectivity index (χ4n) is 2.15. The van der Waals surface area contributed by atoms with Crippen LogP contribution in [0, 0.1) is 0 Å². The molecule has 1 aliphatic heterocycles. The van der Waals surface area contributed by atoms with Crippen molar-refractivity contribution in [3.8, 4) is 0 Å². The summed E-state index contributed by atoms with van der Waals surface area (Å²) in [4.78, 5) is 2.43. The maximum atomic E-state index is 5.20. The van der Waals surface area contributed by atoms with Crippen LogP contribution in [-0.2, 0) is 17.9 Å². The van der Waals surface area contributed by atoms with Gasteiger partial charge in [0.2, 0.25) is 0 Å². The molecule has 1 aromatic rings. The summed E-state index contributed by atoms with van der Waals surface area (Å²) in [5.41, 5.74) is 1.14. The van der Waals surface area contributed by atoms with Gasteiger partial charge in [-0.25, -0.2) is 0 Å². The van der Waals surface area contributed by atoms with E-state index in [4.69, 9.17) is 9.26 Å². The normalized spacial score (nSPS) is 20.6. The van der Waals surface area contributed by atoms with E-state index < -0.39 is 0 Å². The van der Waals surface area contributed by atoms with E-state index in [0.29, 0.717) is 6.61 Å². The van der Waals surface area contributed by atoms with Gasteiger partial charge in [0.25, 0.3) is 0 Å². The molecule has 0 radical (unpaired) electrons. The highest BCUT2D eigenvalue weighted by Gasteiger charge is 2.29. The maximum absolute atomic E-state index is 5.20. The Morgan fingerprint density at radius 2 is 2.41 bits per heavy atom. The molecule has 0 bridgehead atoms.